The largest absolute Gasteiger partial charge is 0.456 e. The summed E-state index contributed by atoms with van der Waals surface area (Å²) in [4.78, 5) is 2.36. The van der Waals surface area contributed by atoms with Gasteiger partial charge in [0.15, 0.2) is 0 Å². The van der Waals surface area contributed by atoms with E-state index < -0.39 is 0 Å². The van der Waals surface area contributed by atoms with Gasteiger partial charge in [0.1, 0.15) is 22.3 Å². The molecule has 0 atom stereocenters. The molecule has 0 saturated heterocycles. The Balaban J connectivity index is 1.21. The Morgan fingerprint density at radius 1 is 0.340 bits per heavy atom. The van der Waals surface area contributed by atoms with Gasteiger partial charge in [-0.3, -0.25) is 0 Å². The van der Waals surface area contributed by atoms with Gasteiger partial charge in [0.25, 0.3) is 0 Å². The van der Waals surface area contributed by atoms with Crippen molar-refractivity contribution in [3.05, 3.63) is 188 Å². The Morgan fingerprint density at radius 2 is 0.962 bits per heavy atom. The van der Waals surface area contributed by atoms with E-state index in [1.807, 2.05) is 12.1 Å². The molecule has 248 valence electrons. The Morgan fingerprint density at radius 3 is 1.77 bits per heavy atom. The summed E-state index contributed by atoms with van der Waals surface area (Å²) in [5.41, 5.74) is 11.0. The number of fused-ring (bicyclic) bond motifs is 8. The van der Waals surface area contributed by atoms with Gasteiger partial charge in [-0.15, -0.1) is 0 Å². The summed E-state index contributed by atoms with van der Waals surface area (Å²) in [6, 6.07) is 66.7. The number of hydrogen-bond acceptors (Lipinski definition) is 3. The Bertz CT molecular complexity index is 3170. The number of rotatable bonds is 5. The average Bonchev–Trinajstić information content (AvgIpc) is 3.79. The number of furan rings is 2. The van der Waals surface area contributed by atoms with Gasteiger partial charge < -0.3 is 13.7 Å². The molecule has 2 heterocycles. The van der Waals surface area contributed by atoms with Crippen LogP contribution in [0.2, 0.25) is 0 Å². The molecule has 11 aromatic rings. The predicted octanol–water partition coefficient (Wildman–Crippen LogP) is 14.6. The number of hydrogen-bond donors (Lipinski definition) is 0. The summed E-state index contributed by atoms with van der Waals surface area (Å²) in [7, 11) is 0. The van der Waals surface area contributed by atoms with Crippen LogP contribution in [0.15, 0.2) is 197 Å². The average molecular weight is 678 g/mol. The second kappa shape index (κ2) is 11.7. The van der Waals surface area contributed by atoms with Crippen molar-refractivity contribution in [3.8, 4) is 22.3 Å². The smallest absolute Gasteiger partial charge is 0.144 e. The first-order valence-corrected chi connectivity index (χ1v) is 18.0. The van der Waals surface area contributed by atoms with Gasteiger partial charge in [-0.2, -0.15) is 0 Å². The van der Waals surface area contributed by atoms with E-state index in [0.717, 1.165) is 72.1 Å². The lowest BCUT2D eigenvalue weighted by atomic mass is 9.94. The van der Waals surface area contributed by atoms with E-state index in [4.69, 9.17) is 8.83 Å². The molecule has 0 N–H and O–H groups in total. The van der Waals surface area contributed by atoms with Gasteiger partial charge in [-0.25, -0.2) is 0 Å². The van der Waals surface area contributed by atoms with E-state index in [1.165, 1.54) is 32.7 Å². The number of nitrogens with zero attached hydrogens (tertiary/aromatic N) is 1. The second-order valence-electron chi connectivity index (χ2n) is 13.7. The molecular weight excluding hydrogens is 647 g/mol. The molecule has 0 unspecified atom stereocenters. The lowest BCUT2D eigenvalue weighted by molar-refractivity contribution is 0.664. The molecule has 0 aliphatic heterocycles. The molecule has 3 heteroatoms. The normalized spacial score (nSPS) is 11.8. The number of anilines is 3. The molecule has 0 fully saturated rings. The van der Waals surface area contributed by atoms with E-state index >= 15 is 0 Å². The van der Waals surface area contributed by atoms with Crippen LogP contribution in [0, 0.1) is 0 Å². The fourth-order valence-electron chi connectivity index (χ4n) is 8.13. The van der Waals surface area contributed by atoms with Crippen molar-refractivity contribution in [1.82, 2.24) is 0 Å². The molecule has 0 aliphatic carbocycles. The van der Waals surface area contributed by atoms with Crippen molar-refractivity contribution in [3.63, 3.8) is 0 Å². The van der Waals surface area contributed by atoms with Gasteiger partial charge >= 0.3 is 0 Å². The molecule has 0 aliphatic rings. The van der Waals surface area contributed by atoms with Crippen LogP contribution < -0.4 is 4.90 Å². The highest BCUT2D eigenvalue weighted by atomic mass is 16.3. The Labute approximate surface area is 305 Å². The third-order valence-corrected chi connectivity index (χ3v) is 10.6. The Kier molecular flexibility index (Phi) is 6.55. The zero-order valence-electron chi connectivity index (χ0n) is 28.7. The summed E-state index contributed by atoms with van der Waals surface area (Å²) in [5, 5.41) is 8.95. The minimum Gasteiger partial charge on any atom is -0.456 e. The lowest BCUT2D eigenvalue weighted by Crippen LogP contribution is -2.10. The van der Waals surface area contributed by atoms with E-state index in [1.54, 1.807) is 0 Å². The van der Waals surface area contributed by atoms with Gasteiger partial charge in [-0.1, -0.05) is 133 Å². The van der Waals surface area contributed by atoms with Crippen LogP contribution >= 0.6 is 0 Å². The summed E-state index contributed by atoms with van der Waals surface area (Å²) in [6.45, 7) is 0. The first-order chi connectivity index (χ1) is 26.3. The highest BCUT2D eigenvalue weighted by Gasteiger charge is 2.25. The number of benzene rings is 9. The topological polar surface area (TPSA) is 29.5 Å². The van der Waals surface area contributed by atoms with Crippen LogP contribution in [-0.4, -0.2) is 0 Å². The highest BCUT2D eigenvalue weighted by molar-refractivity contribution is 6.25. The van der Waals surface area contributed by atoms with Crippen LogP contribution in [0.25, 0.3) is 87.7 Å². The van der Waals surface area contributed by atoms with Crippen LogP contribution in [0.3, 0.4) is 0 Å². The van der Waals surface area contributed by atoms with Crippen molar-refractivity contribution in [2.24, 2.45) is 0 Å². The molecule has 0 spiro atoms. The summed E-state index contributed by atoms with van der Waals surface area (Å²) in [5.74, 6) is 0. The Hall–Kier alpha value is -7.10. The van der Waals surface area contributed by atoms with E-state index in [9.17, 15) is 0 Å². The fourth-order valence-corrected chi connectivity index (χ4v) is 8.13. The minimum absolute atomic E-state index is 0.822. The molecule has 0 radical (unpaired) electrons. The second-order valence-corrected chi connectivity index (χ2v) is 13.7. The third kappa shape index (κ3) is 4.75. The van der Waals surface area contributed by atoms with Crippen molar-refractivity contribution < 1.29 is 8.83 Å². The van der Waals surface area contributed by atoms with Gasteiger partial charge in [0.2, 0.25) is 0 Å². The van der Waals surface area contributed by atoms with E-state index in [0.29, 0.717) is 0 Å². The molecule has 0 amide bonds. The van der Waals surface area contributed by atoms with Gasteiger partial charge in [0, 0.05) is 33.1 Å². The van der Waals surface area contributed by atoms with E-state index in [2.05, 4.69) is 181 Å². The quantitative estimate of drug-likeness (QED) is 0.182. The third-order valence-electron chi connectivity index (χ3n) is 10.6. The van der Waals surface area contributed by atoms with E-state index in [-0.39, 0.29) is 0 Å². The molecule has 11 rings (SSSR count). The summed E-state index contributed by atoms with van der Waals surface area (Å²) >= 11 is 0. The van der Waals surface area contributed by atoms with Gasteiger partial charge in [0.05, 0.1) is 11.1 Å². The molecule has 3 nitrogen and oxygen atoms in total. The molecule has 0 bridgehead atoms. The maximum Gasteiger partial charge on any atom is 0.144 e. The van der Waals surface area contributed by atoms with Crippen molar-refractivity contribution >= 4 is 82.5 Å². The maximum absolute atomic E-state index is 7.02. The maximum atomic E-state index is 7.02. The van der Waals surface area contributed by atoms with Crippen molar-refractivity contribution in [1.29, 1.82) is 0 Å². The van der Waals surface area contributed by atoms with Crippen molar-refractivity contribution in [2.75, 3.05) is 4.90 Å². The highest BCUT2D eigenvalue weighted by Crippen LogP contribution is 2.49. The molecular formula is C50H31NO2. The number of para-hydroxylation sites is 1. The van der Waals surface area contributed by atoms with Crippen LogP contribution in [0.4, 0.5) is 17.1 Å². The zero-order valence-corrected chi connectivity index (χ0v) is 28.7. The molecule has 53 heavy (non-hydrogen) atoms. The predicted molar refractivity (Wildman–Crippen MR) is 222 cm³/mol. The van der Waals surface area contributed by atoms with Crippen molar-refractivity contribution in [2.45, 2.75) is 0 Å². The lowest BCUT2D eigenvalue weighted by Gasteiger charge is -2.27. The SMILES string of the molecule is c1ccc(-c2ccc(N(c3ccc4ccccc4c3)c3cccc4oc5c(-c6ccc7ccccc7c6)c6c(cc5c34)oc3ccccc36)cc2)cc1. The van der Waals surface area contributed by atoms with Crippen LogP contribution in [0.1, 0.15) is 0 Å². The van der Waals surface area contributed by atoms with Gasteiger partial charge in [-0.05, 0) is 92.8 Å². The summed E-state index contributed by atoms with van der Waals surface area (Å²) < 4.78 is 13.7. The molecule has 2 aromatic heterocycles. The fraction of sp³-hybridized carbons (Fsp3) is 0. The summed E-state index contributed by atoms with van der Waals surface area (Å²) in [6.07, 6.45) is 0. The van der Waals surface area contributed by atoms with Crippen LogP contribution in [0.5, 0.6) is 0 Å². The zero-order chi connectivity index (χ0) is 34.9. The molecule has 0 saturated carbocycles. The monoisotopic (exact) mass is 677 g/mol. The first kappa shape index (κ1) is 29.6. The first-order valence-electron chi connectivity index (χ1n) is 18.0. The standard InChI is InChI=1S/C50H31NO2/c1-2-11-32(12-3-1)35-23-26-39(27-24-35)51(40-28-25-34-14-5-7-16-37(34)30-40)43-18-10-20-45-48(43)42-31-46-49(41-17-8-9-19-44(41)52-46)47(50(42)53-45)38-22-21-33-13-4-6-15-36(33)29-38/h1-31H. The minimum atomic E-state index is 0.822. The van der Waals surface area contributed by atoms with Crippen LogP contribution in [-0.2, 0) is 0 Å². The molecule has 9 aromatic carbocycles.